The van der Waals surface area contributed by atoms with Gasteiger partial charge in [-0.1, -0.05) is 66.7 Å². The average molecular weight is 583 g/mol. The molecule has 0 bridgehead atoms. The van der Waals surface area contributed by atoms with E-state index in [-0.39, 0.29) is 0 Å². The molecule has 0 aliphatic carbocycles. The molecule has 0 fully saturated rings. The van der Waals surface area contributed by atoms with Crippen LogP contribution >= 0.6 is 11.3 Å². The Morgan fingerprint density at radius 2 is 1.20 bits per heavy atom. The van der Waals surface area contributed by atoms with Crippen molar-refractivity contribution in [3.8, 4) is 0 Å². The zero-order valence-electron chi connectivity index (χ0n) is 23.3. The molecule has 6 aromatic carbocycles. The molecule has 0 amide bonds. The summed E-state index contributed by atoms with van der Waals surface area (Å²) in [7, 11) is 0. The minimum absolute atomic E-state index is 0.744. The molecule has 44 heavy (non-hydrogen) atoms. The van der Waals surface area contributed by atoms with E-state index >= 15 is 0 Å². The van der Waals surface area contributed by atoms with Gasteiger partial charge in [0.2, 0.25) is 0 Å². The lowest BCUT2D eigenvalue weighted by Crippen LogP contribution is -2.11. The number of hydrogen-bond acceptors (Lipinski definition) is 5. The molecular formula is C39H22N2O2S. The summed E-state index contributed by atoms with van der Waals surface area (Å²) in [5.74, 6) is 0.744. The van der Waals surface area contributed by atoms with Crippen LogP contribution in [-0.4, -0.2) is 4.98 Å². The molecule has 0 spiro atoms. The Hall–Kier alpha value is -5.65. The molecule has 0 saturated carbocycles. The highest BCUT2D eigenvalue weighted by Gasteiger charge is 2.23. The summed E-state index contributed by atoms with van der Waals surface area (Å²) in [6, 6.07) is 44.6. The van der Waals surface area contributed by atoms with E-state index < -0.39 is 0 Å². The van der Waals surface area contributed by atoms with E-state index in [2.05, 4.69) is 120 Å². The topological polar surface area (TPSA) is 42.4 Å². The van der Waals surface area contributed by atoms with Crippen LogP contribution < -0.4 is 4.90 Å². The fourth-order valence-corrected chi connectivity index (χ4v) is 7.80. The number of rotatable bonds is 3. The molecule has 0 unspecified atom stereocenters. The number of furan rings is 2. The number of pyridine rings is 1. The minimum atomic E-state index is 0.744. The predicted octanol–water partition coefficient (Wildman–Crippen LogP) is 11.9. The molecule has 5 heteroatoms. The van der Waals surface area contributed by atoms with Crippen LogP contribution in [0.2, 0.25) is 0 Å². The molecule has 0 aliphatic rings. The second kappa shape index (κ2) is 8.93. The highest BCUT2D eigenvalue weighted by molar-refractivity contribution is 7.25. The van der Waals surface area contributed by atoms with Gasteiger partial charge in [-0.05, 0) is 71.4 Å². The first kappa shape index (κ1) is 23.9. The molecule has 10 aromatic rings. The molecule has 10 rings (SSSR count). The zero-order valence-corrected chi connectivity index (χ0v) is 24.1. The number of aromatic nitrogens is 1. The summed E-state index contributed by atoms with van der Waals surface area (Å²) in [4.78, 5) is 7.23. The van der Waals surface area contributed by atoms with Gasteiger partial charge in [0, 0.05) is 59.3 Å². The SMILES string of the molecule is c1ccc2c(c1)ccc1oc3c(N(c4ccc5oc6ccccc6c5c4)c4ccc5sc6ccccc6c5c4)nccc3c12. The fraction of sp³-hybridized carbons (Fsp3) is 0. The summed E-state index contributed by atoms with van der Waals surface area (Å²) in [5.41, 5.74) is 5.33. The molecule has 0 atom stereocenters. The smallest absolute Gasteiger partial charge is 0.181 e. The predicted molar refractivity (Wildman–Crippen MR) is 184 cm³/mol. The minimum Gasteiger partial charge on any atom is -0.456 e. The summed E-state index contributed by atoms with van der Waals surface area (Å²) in [6.45, 7) is 0. The Morgan fingerprint density at radius 3 is 2.14 bits per heavy atom. The Bertz CT molecular complexity index is 2640. The van der Waals surface area contributed by atoms with Gasteiger partial charge >= 0.3 is 0 Å². The quantitative estimate of drug-likeness (QED) is 0.208. The molecular weight excluding hydrogens is 561 g/mol. The number of hydrogen-bond donors (Lipinski definition) is 0. The van der Waals surface area contributed by atoms with Gasteiger partial charge in [-0.3, -0.25) is 4.90 Å². The normalized spacial score (nSPS) is 12.1. The number of anilines is 3. The van der Waals surface area contributed by atoms with Crippen LogP contribution in [0.4, 0.5) is 17.2 Å². The first-order chi connectivity index (χ1) is 21.8. The Balaban J connectivity index is 1.29. The van der Waals surface area contributed by atoms with E-state index in [1.807, 2.05) is 29.7 Å². The van der Waals surface area contributed by atoms with E-state index in [0.717, 1.165) is 61.1 Å². The van der Waals surface area contributed by atoms with E-state index in [1.165, 1.54) is 30.9 Å². The lowest BCUT2D eigenvalue weighted by atomic mass is 10.0. The third-order valence-corrected chi connectivity index (χ3v) is 9.86. The largest absolute Gasteiger partial charge is 0.456 e. The second-order valence-electron chi connectivity index (χ2n) is 11.2. The van der Waals surface area contributed by atoms with Gasteiger partial charge in [-0.2, -0.15) is 0 Å². The number of thiophene rings is 1. The molecule has 0 saturated heterocycles. The van der Waals surface area contributed by atoms with Gasteiger partial charge in [0.1, 0.15) is 16.7 Å². The molecule has 206 valence electrons. The number of para-hydroxylation sites is 1. The molecule has 4 heterocycles. The standard InChI is InChI=1S/C39H22N2O2S/c1-2-8-26-23(7-1)13-16-34-37(26)29-19-20-40-39(38(29)43-34)41(24-14-17-33-30(21-24)27-9-3-5-11-32(27)42-33)25-15-18-36-31(22-25)28-10-4-6-12-35(28)44-36/h1-22H. The summed E-state index contributed by atoms with van der Waals surface area (Å²) < 4.78 is 15.4. The summed E-state index contributed by atoms with van der Waals surface area (Å²) >= 11 is 1.82. The first-order valence-electron chi connectivity index (χ1n) is 14.6. The van der Waals surface area contributed by atoms with Gasteiger partial charge < -0.3 is 8.83 Å². The van der Waals surface area contributed by atoms with Gasteiger partial charge in [-0.25, -0.2) is 4.98 Å². The third-order valence-electron chi connectivity index (χ3n) is 8.71. The highest BCUT2D eigenvalue weighted by Crippen LogP contribution is 2.45. The molecule has 0 aliphatic heterocycles. The number of nitrogens with zero attached hydrogens (tertiary/aromatic N) is 2. The van der Waals surface area contributed by atoms with E-state index in [0.29, 0.717) is 0 Å². The van der Waals surface area contributed by atoms with Crippen molar-refractivity contribution in [3.05, 3.63) is 134 Å². The first-order valence-corrected chi connectivity index (χ1v) is 15.4. The Morgan fingerprint density at radius 1 is 0.500 bits per heavy atom. The Kier molecular flexibility index (Phi) is 4.84. The van der Waals surface area contributed by atoms with Crippen LogP contribution in [0.1, 0.15) is 0 Å². The zero-order chi connectivity index (χ0) is 28.8. The van der Waals surface area contributed by atoms with Gasteiger partial charge in [-0.15, -0.1) is 11.3 Å². The fourth-order valence-electron chi connectivity index (χ4n) is 6.72. The summed E-state index contributed by atoms with van der Waals surface area (Å²) in [5, 5.41) is 9.14. The van der Waals surface area contributed by atoms with Crippen molar-refractivity contribution >= 4 is 103 Å². The van der Waals surface area contributed by atoms with Crippen LogP contribution in [-0.2, 0) is 0 Å². The second-order valence-corrected chi connectivity index (χ2v) is 12.2. The van der Waals surface area contributed by atoms with Crippen LogP contribution in [0.25, 0.3) is 74.8 Å². The van der Waals surface area contributed by atoms with Crippen molar-refractivity contribution in [1.29, 1.82) is 0 Å². The summed E-state index contributed by atoms with van der Waals surface area (Å²) in [6.07, 6.45) is 1.89. The highest BCUT2D eigenvalue weighted by atomic mass is 32.1. The van der Waals surface area contributed by atoms with Crippen molar-refractivity contribution in [2.75, 3.05) is 4.90 Å². The maximum Gasteiger partial charge on any atom is 0.181 e. The van der Waals surface area contributed by atoms with Crippen molar-refractivity contribution in [1.82, 2.24) is 4.98 Å². The maximum atomic E-state index is 6.68. The lowest BCUT2D eigenvalue weighted by molar-refractivity contribution is 0.667. The monoisotopic (exact) mass is 582 g/mol. The van der Waals surface area contributed by atoms with Crippen molar-refractivity contribution < 1.29 is 8.83 Å². The molecule has 0 radical (unpaired) electrons. The lowest BCUT2D eigenvalue weighted by Gasteiger charge is -2.24. The Labute approximate surface area is 255 Å². The van der Waals surface area contributed by atoms with Gasteiger partial charge in [0.25, 0.3) is 0 Å². The van der Waals surface area contributed by atoms with Crippen molar-refractivity contribution in [2.24, 2.45) is 0 Å². The van der Waals surface area contributed by atoms with Gasteiger partial charge in [0.15, 0.2) is 11.4 Å². The van der Waals surface area contributed by atoms with Crippen LogP contribution in [0.5, 0.6) is 0 Å². The van der Waals surface area contributed by atoms with E-state index in [4.69, 9.17) is 13.8 Å². The van der Waals surface area contributed by atoms with Crippen molar-refractivity contribution in [2.45, 2.75) is 0 Å². The van der Waals surface area contributed by atoms with E-state index in [1.54, 1.807) is 0 Å². The van der Waals surface area contributed by atoms with E-state index in [9.17, 15) is 0 Å². The average Bonchev–Trinajstić information content (AvgIpc) is 3.76. The number of fused-ring (bicyclic) bond motifs is 11. The van der Waals surface area contributed by atoms with Gasteiger partial charge in [0.05, 0.1) is 0 Å². The van der Waals surface area contributed by atoms with Crippen molar-refractivity contribution in [3.63, 3.8) is 0 Å². The maximum absolute atomic E-state index is 6.68. The number of benzene rings is 6. The molecule has 4 aromatic heterocycles. The molecule has 4 nitrogen and oxygen atoms in total. The molecule has 0 N–H and O–H groups in total. The van der Waals surface area contributed by atoms with Crippen LogP contribution in [0.3, 0.4) is 0 Å². The van der Waals surface area contributed by atoms with Crippen LogP contribution in [0, 0.1) is 0 Å². The van der Waals surface area contributed by atoms with Crippen LogP contribution in [0.15, 0.2) is 142 Å². The third kappa shape index (κ3) is 3.36.